The molecule has 9 nitrogen and oxygen atoms in total. The lowest BCUT2D eigenvalue weighted by Crippen LogP contribution is -2.37. The number of hydrogen-bond donors (Lipinski definition) is 0. The summed E-state index contributed by atoms with van der Waals surface area (Å²) >= 11 is 0. The molecule has 0 aromatic rings. The van der Waals surface area contributed by atoms with Gasteiger partial charge in [-0.3, -0.25) is 14.2 Å². The van der Waals surface area contributed by atoms with E-state index in [4.69, 9.17) is 18.5 Å². The molecule has 0 saturated heterocycles. The van der Waals surface area contributed by atoms with E-state index in [1.54, 1.807) is 0 Å². The van der Waals surface area contributed by atoms with Crippen LogP contribution in [0.1, 0.15) is 284 Å². The molecule has 10 heteroatoms. The Balaban J connectivity index is 4.14. The van der Waals surface area contributed by atoms with Gasteiger partial charge < -0.3 is 27.9 Å². The predicted octanol–water partition coefficient (Wildman–Crippen LogP) is 18.3. The second kappa shape index (κ2) is 53.8. The van der Waals surface area contributed by atoms with Gasteiger partial charge in [0.25, 0.3) is 7.82 Å². The lowest BCUT2D eigenvalue weighted by Gasteiger charge is -2.28. The smallest absolute Gasteiger partial charge is 0.306 e. The van der Waals surface area contributed by atoms with Gasteiger partial charge in [0.05, 0.1) is 27.7 Å². The Labute approximate surface area is 445 Å². The van der Waals surface area contributed by atoms with E-state index in [0.717, 1.165) is 51.4 Å². The van der Waals surface area contributed by atoms with Crippen LogP contribution < -0.4 is 4.89 Å². The summed E-state index contributed by atoms with van der Waals surface area (Å²) in [5.74, 6) is -0.828. The zero-order chi connectivity index (χ0) is 52.7. The van der Waals surface area contributed by atoms with Gasteiger partial charge in [0, 0.05) is 12.8 Å². The molecular formula is C62H116NO8P. The molecular weight excluding hydrogens is 918 g/mol. The van der Waals surface area contributed by atoms with Crippen molar-refractivity contribution < 1.29 is 42.1 Å². The van der Waals surface area contributed by atoms with Gasteiger partial charge in [0.2, 0.25) is 0 Å². The third-order valence-corrected chi connectivity index (χ3v) is 14.3. The first kappa shape index (κ1) is 70.0. The van der Waals surface area contributed by atoms with Crippen LogP contribution in [-0.4, -0.2) is 70.0 Å². The molecule has 0 aromatic heterocycles. The molecule has 0 fully saturated rings. The summed E-state index contributed by atoms with van der Waals surface area (Å²) in [4.78, 5) is 37.9. The summed E-state index contributed by atoms with van der Waals surface area (Å²) in [6.45, 7) is 4.26. The monoisotopic (exact) mass is 1030 g/mol. The number of esters is 2. The largest absolute Gasteiger partial charge is 0.756 e. The minimum atomic E-state index is -4.64. The summed E-state index contributed by atoms with van der Waals surface area (Å²) in [6.07, 6.45) is 67.3. The molecule has 2 unspecified atom stereocenters. The van der Waals surface area contributed by atoms with Crippen molar-refractivity contribution >= 4 is 19.8 Å². The molecule has 2 atom stereocenters. The minimum absolute atomic E-state index is 0.0315. The number of unbranched alkanes of at least 4 members (excludes halogenated alkanes) is 34. The number of phosphoric acid groups is 1. The maximum atomic E-state index is 12.8. The SMILES string of the molecule is CCCCCCC/C=C\C/C=C\C/C=C\CCCCCCCCCCCCCCC(=O)OC(COC(=O)CCCCCCCCCCC/C=C\CCCCCCCCCC)COP(=O)([O-])OCC[N+](C)(C)C. The van der Waals surface area contributed by atoms with Crippen LogP contribution in [0.5, 0.6) is 0 Å². The third kappa shape index (κ3) is 57.3. The second-order valence-electron chi connectivity index (χ2n) is 21.7. The van der Waals surface area contributed by atoms with Crippen LogP contribution >= 0.6 is 7.82 Å². The second-order valence-corrected chi connectivity index (χ2v) is 23.1. The van der Waals surface area contributed by atoms with Gasteiger partial charge in [-0.25, -0.2) is 0 Å². The van der Waals surface area contributed by atoms with Crippen molar-refractivity contribution in [3.8, 4) is 0 Å². The predicted molar refractivity (Wildman–Crippen MR) is 305 cm³/mol. The topological polar surface area (TPSA) is 111 Å². The summed E-state index contributed by atoms with van der Waals surface area (Å²) in [5.41, 5.74) is 0. The third-order valence-electron chi connectivity index (χ3n) is 13.3. The first-order valence-electron chi connectivity index (χ1n) is 30.3. The Morgan fingerprint density at radius 1 is 0.431 bits per heavy atom. The molecule has 0 N–H and O–H groups in total. The van der Waals surface area contributed by atoms with Crippen LogP contribution in [0.25, 0.3) is 0 Å². The van der Waals surface area contributed by atoms with E-state index in [1.165, 1.54) is 199 Å². The molecule has 0 radical (unpaired) electrons. The van der Waals surface area contributed by atoms with Crippen molar-refractivity contribution in [2.75, 3.05) is 47.5 Å². The Kier molecular flexibility index (Phi) is 52.3. The molecule has 72 heavy (non-hydrogen) atoms. The molecule has 422 valence electrons. The fraction of sp³-hybridized carbons (Fsp3) is 0.839. The normalized spacial score (nSPS) is 13.6. The molecule has 0 aliphatic heterocycles. The van der Waals surface area contributed by atoms with Crippen molar-refractivity contribution in [1.82, 2.24) is 0 Å². The zero-order valence-corrected chi connectivity index (χ0v) is 48.8. The van der Waals surface area contributed by atoms with Crippen LogP contribution in [0.2, 0.25) is 0 Å². The summed E-state index contributed by atoms with van der Waals surface area (Å²) in [6, 6.07) is 0. The summed E-state index contributed by atoms with van der Waals surface area (Å²) < 4.78 is 34.2. The highest BCUT2D eigenvalue weighted by Gasteiger charge is 2.22. The number of phosphoric ester groups is 1. The number of hydrogen-bond acceptors (Lipinski definition) is 8. The van der Waals surface area contributed by atoms with Gasteiger partial charge in [0.1, 0.15) is 19.8 Å². The maximum absolute atomic E-state index is 12.8. The number of carbonyl (C=O) groups excluding carboxylic acids is 2. The number of likely N-dealkylation sites (N-methyl/N-ethyl adjacent to an activating group) is 1. The highest BCUT2D eigenvalue weighted by atomic mass is 31.2. The standard InChI is InChI=1S/C62H116NO8P/c1-6-8-10-12-14-16-18-20-22-24-26-28-29-30-31-32-33-35-37-39-41-43-45-47-49-51-53-55-62(65)71-60(59-70-72(66,67)69-57-56-63(3,4)5)58-68-61(64)54-52-50-48-46-44-42-40-38-36-34-27-25-23-21-19-17-15-13-11-9-7-2/h18,20,24-27,29-30,60H,6-17,19,21-23,28,31-59H2,1-5H3/b20-18-,26-24-,27-25-,30-29-. The van der Waals surface area contributed by atoms with Gasteiger partial charge in [-0.05, 0) is 77.0 Å². The molecule has 0 spiro atoms. The average molecular weight is 1030 g/mol. The van der Waals surface area contributed by atoms with Crippen molar-refractivity contribution in [2.24, 2.45) is 0 Å². The van der Waals surface area contributed by atoms with Crippen molar-refractivity contribution in [2.45, 2.75) is 290 Å². The Bertz CT molecular complexity index is 1360. The molecule has 0 rings (SSSR count). The van der Waals surface area contributed by atoms with Gasteiger partial charge >= 0.3 is 11.9 Å². The lowest BCUT2D eigenvalue weighted by molar-refractivity contribution is -0.870. The molecule has 0 amide bonds. The van der Waals surface area contributed by atoms with Gasteiger partial charge in [0.15, 0.2) is 6.10 Å². The van der Waals surface area contributed by atoms with Gasteiger partial charge in [-0.1, -0.05) is 242 Å². The number of nitrogens with zero attached hydrogens (tertiary/aromatic N) is 1. The van der Waals surface area contributed by atoms with Crippen LogP contribution in [0, 0.1) is 0 Å². The Morgan fingerprint density at radius 2 is 0.750 bits per heavy atom. The van der Waals surface area contributed by atoms with Crippen LogP contribution in [-0.2, 0) is 32.7 Å². The Hall–Kier alpha value is -2.03. The fourth-order valence-corrected chi connectivity index (χ4v) is 9.33. The summed E-state index contributed by atoms with van der Waals surface area (Å²) in [5, 5.41) is 0. The molecule has 0 aromatic carbocycles. The van der Waals surface area contributed by atoms with Crippen LogP contribution in [0.15, 0.2) is 48.6 Å². The minimum Gasteiger partial charge on any atom is -0.756 e. The first-order valence-corrected chi connectivity index (χ1v) is 31.8. The number of carbonyl (C=O) groups is 2. The van der Waals surface area contributed by atoms with E-state index in [1.807, 2.05) is 21.1 Å². The van der Waals surface area contributed by atoms with Gasteiger partial charge in [-0.15, -0.1) is 0 Å². The van der Waals surface area contributed by atoms with Crippen LogP contribution in [0.3, 0.4) is 0 Å². The lowest BCUT2D eigenvalue weighted by atomic mass is 10.0. The first-order chi connectivity index (χ1) is 35.0. The molecule has 0 bridgehead atoms. The fourth-order valence-electron chi connectivity index (χ4n) is 8.60. The van der Waals surface area contributed by atoms with E-state index in [2.05, 4.69) is 62.5 Å². The molecule has 0 heterocycles. The van der Waals surface area contributed by atoms with E-state index < -0.39 is 26.5 Å². The van der Waals surface area contributed by atoms with Crippen molar-refractivity contribution in [3.63, 3.8) is 0 Å². The Morgan fingerprint density at radius 3 is 1.12 bits per heavy atom. The van der Waals surface area contributed by atoms with E-state index in [0.29, 0.717) is 17.4 Å². The van der Waals surface area contributed by atoms with E-state index in [-0.39, 0.29) is 32.0 Å². The van der Waals surface area contributed by atoms with E-state index in [9.17, 15) is 19.0 Å². The highest BCUT2D eigenvalue weighted by Crippen LogP contribution is 2.38. The quantitative estimate of drug-likeness (QED) is 0.0195. The van der Waals surface area contributed by atoms with E-state index >= 15 is 0 Å². The number of allylic oxidation sites excluding steroid dienone is 8. The molecule has 0 aliphatic rings. The molecule has 0 saturated carbocycles. The molecule has 0 aliphatic carbocycles. The maximum Gasteiger partial charge on any atom is 0.306 e. The van der Waals surface area contributed by atoms with Crippen LogP contribution in [0.4, 0.5) is 0 Å². The summed E-state index contributed by atoms with van der Waals surface area (Å²) in [7, 11) is 1.17. The van der Waals surface area contributed by atoms with Crippen molar-refractivity contribution in [3.05, 3.63) is 48.6 Å². The highest BCUT2D eigenvalue weighted by molar-refractivity contribution is 7.45. The average Bonchev–Trinajstić information content (AvgIpc) is 3.34. The number of quaternary nitrogens is 1. The number of ether oxygens (including phenoxy) is 2. The van der Waals surface area contributed by atoms with Gasteiger partial charge in [-0.2, -0.15) is 0 Å². The number of rotatable bonds is 56. The van der Waals surface area contributed by atoms with Crippen molar-refractivity contribution in [1.29, 1.82) is 0 Å². The zero-order valence-electron chi connectivity index (χ0n) is 47.9.